The molecule has 0 bridgehead atoms. The van der Waals surface area contributed by atoms with Crippen LogP contribution in [0.2, 0.25) is 0 Å². The van der Waals surface area contributed by atoms with E-state index < -0.39 is 0 Å². The van der Waals surface area contributed by atoms with E-state index in [-0.39, 0.29) is 17.7 Å². The van der Waals surface area contributed by atoms with Crippen LogP contribution >= 0.6 is 0 Å². The highest BCUT2D eigenvalue weighted by Gasteiger charge is 2.37. The van der Waals surface area contributed by atoms with Gasteiger partial charge in [-0.1, -0.05) is 13.8 Å². The predicted octanol–water partition coefficient (Wildman–Crippen LogP) is 1.55. The lowest BCUT2D eigenvalue weighted by molar-refractivity contribution is -0.137. The fraction of sp³-hybridized carbons (Fsp3) is 0.857. The molecule has 1 N–H and O–H groups in total. The molecule has 0 atom stereocenters. The van der Waals surface area contributed by atoms with Gasteiger partial charge in [0.1, 0.15) is 0 Å². The summed E-state index contributed by atoms with van der Waals surface area (Å²) in [6.45, 7) is 6.45. The molecule has 0 unspecified atom stereocenters. The van der Waals surface area contributed by atoms with Crippen LogP contribution in [0.15, 0.2) is 0 Å². The van der Waals surface area contributed by atoms with Gasteiger partial charge in [-0.3, -0.25) is 9.59 Å². The van der Waals surface area contributed by atoms with E-state index in [1.165, 1.54) is 0 Å². The standard InChI is InChI=1S/C14H24N2O2/c1-11(2)13(18)16-9-6-14(7-10-16)4-3-12(17)15-8-5-14/h11H,3-10H2,1-2H3,(H,15,17). The van der Waals surface area contributed by atoms with Crippen LogP contribution in [0.4, 0.5) is 0 Å². The first-order valence-electron chi connectivity index (χ1n) is 7.08. The third kappa shape index (κ3) is 2.85. The maximum Gasteiger partial charge on any atom is 0.225 e. The average Bonchev–Trinajstić information content (AvgIpc) is 2.53. The molecule has 0 radical (unpaired) electrons. The van der Waals surface area contributed by atoms with Crippen molar-refractivity contribution in [1.82, 2.24) is 10.2 Å². The van der Waals surface area contributed by atoms with Crippen molar-refractivity contribution in [2.45, 2.75) is 46.0 Å². The van der Waals surface area contributed by atoms with Gasteiger partial charge in [0.2, 0.25) is 11.8 Å². The van der Waals surface area contributed by atoms with Crippen molar-refractivity contribution < 1.29 is 9.59 Å². The topological polar surface area (TPSA) is 49.4 Å². The van der Waals surface area contributed by atoms with Crippen LogP contribution in [0.3, 0.4) is 0 Å². The van der Waals surface area contributed by atoms with Crippen LogP contribution in [-0.4, -0.2) is 36.3 Å². The Morgan fingerprint density at radius 1 is 1.22 bits per heavy atom. The van der Waals surface area contributed by atoms with Gasteiger partial charge in [0, 0.05) is 32.0 Å². The summed E-state index contributed by atoms with van der Waals surface area (Å²) in [4.78, 5) is 25.3. The number of carbonyl (C=O) groups is 2. The van der Waals surface area contributed by atoms with Gasteiger partial charge in [0.25, 0.3) is 0 Å². The average molecular weight is 252 g/mol. The van der Waals surface area contributed by atoms with Gasteiger partial charge in [-0.25, -0.2) is 0 Å². The Hall–Kier alpha value is -1.06. The summed E-state index contributed by atoms with van der Waals surface area (Å²) in [6.07, 6.45) is 4.82. The van der Waals surface area contributed by atoms with Gasteiger partial charge in [-0.15, -0.1) is 0 Å². The maximum atomic E-state index is 11.9. The van der Waals surface area contributed by atoms with E-state index in [1.807, 2.05) is 18.7 Å². The molecule has 2 saturated heterocycles. The molecule has 4 nitrogen and oxygen atoms in total. The fourth-order valence-corrected chi connectivity index (χ4v) is 3.13. The van der Waals surface area contributed by atoms with E-state index in [9.17, 15) is 9.59 Å². The minimum atomic E-state index is 0.0939. The summed E-state index contributed by atoms with van der Waals surface area (Å²) >= 11 is 0. The summed E-state index contributed by atoms with van der Waals surface area (Å²) in [5, 5.41) is 2.95. The number of piperidine rings is 1. The molecular weight excluding hydrogens is 228 g/mol. The zero-order valence-electron chi connectivity index (χ0n) is 11.5. The number of hydrogen-bond acceptors (Lipinski definition) is 2. The maximum absolute atomic E-state index is 11.9. The van der Waals surface area contributed by atoms with Crippen LogP contribution in [0, 0.1) is 11.3 Å². The van der Waals surface area contributed by atoms with Gasteiger partial charge in [-0.05, 0) is 31.1 Å². The van der Waals surface area contributed by atoms with E-state index in [1.54, 1.807) is 0 Å². The van der Waals surface area contributed by atoms with Gasteiger partial charge >= 0.3 is 0 Å². The van der Waals surface area contributed by atoms with Crippen LogP contribution < -0.4 is 5.32 Å². The quantitative estimate of drug-likeness (QED) is 0.770. The molecule has 2 fully saturated rings. The zero-order chi connectivity index (χ0) is 13.2. The second-order valence-electron chi connectivity index (χ2n) is 6.08. The lowest BCUT2D eigenvalue weighted by atomic mass is 9.73. The Bertz CT molecular complexity index is 331. The van der Waals surface area contributed by atoms with Crippen molar-refractivity contribution in [1.29, 1.82) is 0 Å². The highest BCUT2D eigenvalue weighted by atomic mass is 16.2. The molecule has 2 aliphatic heterocycles. The van der Waals surface area contributed by atoms with Crippen LogP contribution in [0.5, 0.6) is 0 Å². The fourth-order valence-electron chi connectivity index (χ4n) is 3.13. The number of rotatable bonds is 1. The largest absolute Gasteiger partial charge is 0.356 e. The molecular formula is C14H24N2O2. The summed E-state index contributed by atoms with van der Waals surface area (Å²) in [6, 6.07) is 0. The lowest BCUT2D eigenvalue weighted by Gasteiger charge is -2.41. The predicted molar refractivity (Wildman–Crippen MR) is 69.9 cm³/mol. The van der Waals surface area contributed by atoms with Crippen LogP contribution in [0.25, 0.3) is 0 Å². The second-order valence-corrected chi connectivity index (χ2v) is 6.08. The molecule has 0 aromatic heterocycles. The summed E-state index contributed by atoms with van der Waals surface area (Å²) in [5.74, 6) is 0.552. The van der Waals surface area contributed by atoms with Crippen LogP contribution in [0.1, 0.15) is 46.0 Å². The summed E-state index contributed by atoms with van der Waals surface area (Å²) in [5.41, 5.74) is 0.299. The number of amides is 2. The molecule has 0 aromatic rings. The number of hydrogen-bond donors (Lipinski definition) is 1. The normalized spacial score (nSPS) is 23.9. The Morgan fingerprint density at radius 2 is 1.89 bits per heavy atom. The number of carbonyl (C=O) groups excluding carboxylic acids is 2. The van der Waals surface area contributed by atoms with Crippen molar-refractivity contribution >= 4 is 11.8 Å². The molecule has 4 heteroatoms. The molecule has 1 spiro atoms. The lowest BCUT2D eigenvalue weighted by Crippen LogP contribution is -2.44. The van der Waals surface area contributed by atoms with Crippen molar-refractivity contribution in [2.75, 3.05) is 19.6 Å². The van der Waals surface area contributed by atoms with Crippen molar-refractivity contribution in [3.05, 3.63) is 0 Å². The highest BCUT2D eigenvalue weighted by Crippen LogP contribution is 2.40. The third-order valence-corrected chi connectivity index (χ3v) is 4.49. The molecule has 0 saturated carbocycles. The van der Waals surface area contributed by atoms with E-state index in [0.29, 0.717) is 11.8 Å². The molecule has 2 amide bonds. The van der Waals surface area contributed by atoms with E-state index >= 15 is 0 Å². The zero-order valence-corrected chi connectivity index (χ0v) is 11.5. The van der Waals surface area contributed by atoms with Gasteiger partial charge < -0.3 is 10.2 Å². The second kappa shape index (κ2) is 5.29. The first-order chi connectivity index (χ1) is 8.52. The first-order valence-corrected chi connectivity index (χ1v) is 7.08. The van der Waals surface area contributed by atoms with Gasteiger partial charge in [0.15, 0.2) is 0 Å². The third-order valence-electron chi connectivity index (χ3n) is 4.49. The molecule has 18 heavy (non-hydrogen) atoms. The Balaban J connectivity index is 1.92. The molecule has 0 aliphatic carbocycles. The van der Waals surface area contributed by atoms with Crippen molar-refractivity contribution in [3.8, 4) is 0 Å². The van der Waals surface area contributed by atoms with E-state index in [4.69, 9.17) is 0 Å². The van der Waals surface area contributed by atoms with Crippen molar-refractivity contribution in [2.24, 2.45) is 11.3 Å². The van der Waals surface area contributed by atoms with Gasteiger partial charge in [0.05, 0.1) is 0 Å². The van der Waals surface area contributed by atoms with E-state index in [2.05, 4.69) is 5.32 Å². The molecule has 2 heterocycles. The monoisotopic (exact) mass is 252 g/mol. The summed E-state index contributed by atoms with van der Waals surface area (Å²) < 4.78 is 0. The smallest absolute Gasteiger partial charge is 0.225 e. The van der Waals surface area contributed by atoms with Crippen LogP contribution in [-0.2, 0) is 9.59 Å². The molecule has 2 rings (SSSR count). The number of nitrogens with zero attached hydrogens (tertiary/aromatic N) is 1. The molecule has 0 aromatic carbocycles. The van der Waals surface area contributed by atoms with Crippen molar-refractivity contribution in [3.63, 3.8) is 0 Å². The number of likely N-dealkylation sites (tertiary alicyclic amines) is 1. The van der Waals surface area contributed by atoms with Gasteiger partial charge in [-0.2, -0.15) is 0 Å². The summed E-state index contributed by atoms with van der Waals surface area (Å²) in [7, 11) is 0. The number of nitrogens with one attached hydrogen (secondary N) is 1. The minimum Gasteiger partial charge on any atom is -0.356 e. The highest BCUT2D eigenvalue weighted by molar-refractivity contribution is 5.78. The Kier molecular flexibility index (Phi) is 3.93. The molecule has 2 aliphatic rings. The van der Waals surface area contributed by atoms with E-state index in [0.717, 1.165) is 45.3 Å². The minimum absolute atomic E-state index is 0.0939. The molecule has 102 valence electrons. The Morgan fingerprint density at radius 3 is 2.50 bits per heavy atom. The SMILES string of the molecule is CC(C)C(=O)N1CCC2(CCNC(=O)CC2)CC1. The Labute approximate surface area is 109 Å². The first kappa shape index (κ1) is 13.4.